The largest absolute Gasteiger partial charge is 0.495 e. The Labute approximate surface area is 186 Å². The number of carbonyl (C=O) groups excluding carboxylic acids is 2. The number of anilines is 2. The van der Waals surface area contributed by atoms with Crippen LogP contribution in [0, 0.1) is 0 Å². The summed E-state index contributed by atoms with van der Waals surface area (Å²) in [6, 6.07) is 16.5. The highest BCUT2D eigenvalue weighted by Crippen LogP contribution is 2.29. The maximum Gasteiger partial charge on any atom is 0.255 e. The molecule has 148 valence electrons. The van der Waals surface area contributed by atoms with Crippen molar-refractivity contribution in [2.75, 3.05) is 17.7 Å². The lowest BCUT2D eigenvalue weighted by Crippen LogP contribution is -2.15. The summed E-state index contributed by atoms with van der Waals surface area (Å²) in [7, 11) is 1.46. The number of halogens is 3. The van der Waals surface area contributed by atoms with Gasteiger partial charge in [0.1, 0.15) is 5.75 Å². The van der Waals surface area contributed by atoms with E-state index in [4.69, 9.17) is 27.9 Å². The monoisotopic (exact) mass is 492 g/mol. The first-order valence-corrected chi connectivity index (χ1v) is 9.93. The Morgan fingerprint density at radius 2 is 1.55 bits per heavy atom. The lowest BCUT2D eigenvalue weighted by atomic mass is 10.1. The minimum Gasteiger partial charge on any atom is -0.495 e. The van der Waals surface area contributed by atoms with Crippen LogP contribution < -0.4 is 15.4 Å². The Hall–Kier alpha value is -2.54. The van der Waals surface area contributed by atoms with Crippen molar-refractivity contribution in [3.8, 4) is 5.75 Å². The van der Waals surface area contributed by atoms with E-state index in [-0.39, 0.29) is 5.91 Å². The molecule has 3 aromatic carbocycles. The predicted octanol–water partition coefficient (Wildman–Crippen LogP) is 6.27. The Bertz CT molecular complexity index is 1090. The van der Waals surface area contributed by atoms with E-state index in [1.807, 2.05) is 6.07 Å². The second kappa shape index (κ2) is 9.31. The van der Waals surface area contributed by atoms with Gasteiger partial charge in [-0.05, 0) is 54.6 Å². The average Bonchev–Trinajstić information content (AvgIpc) is 2.70. The van der Waals surface area contributed by atoms with Crippen molar-refractivity contribution >= 4 is 62.3 Å². The van der Waals surface area contributed by atoms with Crippen LogP contribution in [0.25, 0.3) is 0 Å². The number of nitrogens with one attached hydrogen (secondary N) is 2. The fraction of sp³-hybridized carbons (Fsp3) is 0.0476. The summed E-state index contributed by atoms with van der Waals surface area (Å²) >= 11 is 15.4. The van der Waals surface area contributed by atoms with Gasteiger partial charge in [-0.25, -0.2) is 0 Å². The molecule has 0 atom stereocenters. The van der Waals surface area contributed by atoms with Gasteiger partial charge in [-0.2, -0.15) is 0 Å². The van der Waals surface area contributed by atoms with E-state index in [0.29, 0.717) is 38.3 Å². The van der Waals surface area contributed by atoms with E-state index in [9.17, 15) is 9.59 Å². The Morgan fingerprint density at radius 1 is 0.862 bits per heavy atom. The molecule has 0 aliphatic carbocycles. The van der Waals surface area contributed by atoms with E-state index in [2.05, 4.69) is 26.6 Å². The summed E-state index contributed by atoms with van der Waals surface area (Å²) in [4.78, 5) is 25.0. The molecule has 0 aliphatic rings. The maximum absolute atomic E-state index is 12.6. The van der Waals surface area contributed by atoms with E-state index >= 15 is 0 Å². The number of amides is 2. The van der Waals surface area contributed by atoms with Gasteiger partial charge in [-0.15, -0.1) is 0 Å². The molecule has 8 heteroatoms. The molecule has 0 heterocycles. The third kappa shape index (κ3) is 5.29. The van der Waals surface area contributed by atoms with Gasteiger partial charge < -0.3 is 15.4 Å². The maximum atomic E-state index is 12.6. The number of methoxy groups -OCH3 is 1. The first-order chi connectivity index (χ1) is 13.9. The number of benzene rings is 3. The predicted molar refractivity (Wildman–Crippen MR) is 120 cm³/mol. The van der Waals surface area contributed by atoms with Gasteiger partial charge in [0.2, 0.25) is 0 Å². The standard InChI is InChI=1S/C21H15BrCl2N2O3/c1-29-19-10-13(21(28)26-18-11-15(23)6-7-16(18)24)5-8-17(19)25-20(27)12-3-2-4-14(22)9-12/h2-11H,1H3,(H,25,27)(H,26,28). The number of ether oxygens (including phenoxy) is 1. The highest BCUT2D eigenvalue weighted by Gasteiger charge is 2.15. The smallest absolute Gasteiger partial charge is 0.255 e. The van der Waals surface area contributed by atoms with Crippen LogP contribution in [0.5, 0.6) is 5.75 Å². The van der Waals surface area contributed by atoms with Crippen LogP contribution in [0.15, 0.2) is 65.1 Å². The minimum atomic E-state index is -0.391. The molecule has 0 radical (unpaired) electrons. The van der Waals surface area contributed by atoms with Crippen LogP contribution in [0.2, 0.25) is 10.0 Å². The zero-order valence-corrected chi connectivity index (χ0v) is 18.2. The van der Waals surface area contributed by atoms with Gasteiger partial charge in [0.15, 0.2) is 0 Å². The van der Waals surface area contributed by atoms with Gasteiger partial charge >= 0.3 is 0 Å². The summed E-state index contributed by atoms with van der Waals surface area (Å²) in [5.74, 6) is -0.344. The number of hydrogen-bond donors (Lipinski definition) is 2. The molecule has 0 bridgehead atoms. The Kier molecular flexibility index (Phi) is 6.79. The summed E-state index contributed by atoms with van der Waals surface area (Å²) in [5, 5.41) is 6.31. The van der Waals surface area contributed by atoms with Crippen molar-refractivity contribution in [3.63, 3.8) is 0 Å². The summed E-state index contributed by atoms with van der Waals surface area (Å²) in [5.41, 5.74) is 1.65. The number of rotatable bonds is 5. The molecule has 5 nitrogen and oxygen atoms in total. The molecule has 2 N–H and O–H groups in total. The zero-order valence-electron chi connectivity index (χ0n) is 15.1. The normalized spacial score (nSPS) is 10.3. The summed E-state index contributed by atoms with van der Waals surface area (Å²) in [6.45, 7) is 0. The van der Waals surface area contributed by atoms with Crippen molar-refractivity contribution in [1.29, 1.82) is 0 Å². The van der Waals surface area contributed by atoms with Crippen LogP contribution >= 0.6 is 39.1 Å². The number of hydrogen-bond acceptors (Lipinski definition) is 3. The van der Waals surface area contributed by atoms with Crippen LogP contribution in [0.3, 0.4) is 0 Å². The van der Waals surface area contributed by atoms with Gasteiger partial charge in [0.05, 0.1) is 23.5 Å². The highest BCUT2D eigenvalue weighted by molar-refractivity contribution is 9.10. The molecule has 0 unspecified atom stereocenters. The van der Waals surface area contributed by atoms with E-state index in [1.54, 1.807) is 48.5 Å². The van der Waals surface area contributed by atoms with Gasteiger partial charge in [0.25, 0.3) is 11.8 Å². The quantitative estimate of drug-likeness (QED) is 0.440. The lowest BCUT2D eigenvalue weighted by molar-refractivity contribution is 0.102. The fourth-order valence-corrected chi connectivity index (χ4v) is 3.28. The van der Waals surface area contributed by atoms with Crippen LogP contribution in [-0.2, 0) is 0 Å². The van der Waals surface area contributed by atoms with Crippen molar-refractivity contribution in [3.05, 3.63) is 86.3 Å². The molecule has 0 aliphatic heterocycles. The van der Waals surface area contributed by atoms with Crippen LogP contribution in [0.1, 0.15) is 20.7 Å². The molecular weight excluding hydrogens is 479 g/mol. The third-order valence-electron chi connectivity index (χ3n) is 3.98. The molecule has 0 saturated heterocycles. The van der Waals surface area contributed by atoms with Gasteiger partial charge in [-0.1, -0.05) is 45.2 Å². The lowest BCUT2D eigenvalue weighted by Gasteiger charge is -2.13. The van der Waals surface area contributed by atoms with Crippen LogP contribution in [0.4, 0.5) is 11.4 Å². The minimum absolute atomic E-state index is 0.299. The average molecular weight is 494 g/mol. The van der Waals surface area contributed by atoms with Crippen molar-refractivity contribution in [2.45, 2.75) is 0 Å². The second-order valence-electron chi connectivity index (χ2n) is 5.96. The van der Waals surface area contributed by atoms with E-state index < -0.39 is 5.91 Å². The zero-order chi connectivity index (χ0) is 21.0. The van der Waals surface area contributed by atoms with Gasteiger partial charge in [-0.3, -0.25) is 9.59 Å². The van der Waals surface area contributed by atoms with Gasteiger partial charge in [0, 0.05) is 20.6 Å². The second-order valence-corrected chi connectivity index (χ2v) is 7.72. The molecule has 3 rings (SSSR count). The number of carbonyl (C=O) groups is 2. The van der Waals surface area contributed by atoms with E-state index in [0.717, 1.165) is 4.47 Å². The molecule has 3 aromatic rings. The van der Waals surface area contributed by atoms with E-state index in [1.165, 1.54) is 13.2 Å². The Balaban J connectivity index is 1.80. The topological polar surface area (TPSA) is 67.4 Å². The fourth-order valence-electron chi connectivity index (χ4n) is 2.55. The van der Waals surface area contributed by atoms with Crippen LogP contribution in [-0.4, -0.2) is 18.9 Å². The molecular formula is C21H15BrCl2N2O3. The highest BCUT2D eigenvalue weighted by atomic mass is 79.9. The summed E-state index contributed by atoms with van der Waals surface area (Å²) in [6.07, 6.45) is 0. The third-order valence-corrected chi connectivity index (χ3v) is 5.03. The molecule has 0 saturated carbocycles. The first kappa shape index (κ1) is 21.2. The van der Waals surface area contributed by atoms with Crippen molar-refractivity contribution in [2.24, 2.45) is 0 Å². The Morgan fingerprint density at radius 3 is 2.24 bits per heavy atom. The SMILES string of the molecule is COc1cc(C(=O)Nc2cc(Cl)ccc2Cl)ccc1NC(=O)c1cccc(Br)c1. The molecule has 0 aromatic heterocycles. The summed E-state index contributed by atoms with van der Waals surface area (Å²) < 4.78 is 6.13. The molecule has 0 fully saturated rings. The molecule has 2 amide bonds. The molecule has 0 spiro atoms. The first-order valence-electron chi connectivity index (χ1n) is 8.39. The molecule has 29 heavy (non-hydrogen) atoms. The van der Waals surface area contributed by atoms with Crippen molar-refractivity contribution in [1.82, 2.24) is 0 Å². The van der Waals surface area contributed by atoms with Crippen molar-refractivity contribution < 1.29 is 14.3 Å².